The molecule has 0 aliphatic carbocycles. The molecule has 0 saturated carbocycles. The molecule has 2 N–H and O–H groups in total. The molecule has 0 saturated heterocycles. The number of anilines is 2. The van der Waals surface area contributed by atoms with Crippen molar-refractivity contribution in [1.29, 1.82) is 0 Å². The van der Waals surface area contributed by atoms with Gasteiger partial charge in [-0.15, -0.1) is 5.10 Å². The zero-order valence-electron chi connectivity index (χ0n) is 26.7. The zero-order valence-corrected chi connectivity index (χ0v) is 27.5. The SMILES string of the molecule is COCCNc1cc(CC(C)N(C)C)ccc1C(=O)Nc1nn(C(=O)OCCOC)c2ccc(S(=O)(=O)c3cc(F)cc(F)c3)cc12. The van der Waals surface area contributed by atoms with Crippen molar-refractivity contribution >= 4 is 44.2 Å². The number of ether oxygens (including phenoxy) is 3. The van der Waals surface area contributed by atoms with E-state index >= 15 is 0 Å². The molecule has 1 heterocycles. The summed E-state index contributed by atoms with van der Waals surface area (Å²) in [5, 5.41) is 10.2. The van der Waals surface area contributed by atoms with Crippen molar-refractivity contribution in [2.75, 3.05) is 65.3 Å². The van der Waals surface area contributed by atoms with Gasteiger partial charge in [-0.05, 0) is 75.5 Å². The monoisotopic (exact) mass is 673 g/mol. The fourth-order valence-electron chi connectivity index (χ4n) is 4.64. The Labute approximate surface area is 271 Å². The van der Waals surface area contributed by atoms with Gasteiger partial charge in [0, 0.05) is 43.9 Å². The molecule has 4 rings (SSSR count). The average molecular weight is 674 g/mol. The molecule has 4 aromatic rings. The van der Waals surface area contributed by atoms with Crippen LogP contribution >= 0.6 is 0 Å². The van der Waals surface area contributed by atoms with Crippen molar-refractivity contribution in [1.82, 2.24) is 14.7 Å². The fraction of sp³-hybridized carbons (Fsp3) is 0.344. The number of rotatable bonds is 14. The molecule has 1 aromatic heterocycles. The molecule has 0 radical (unpaired) electrons. The topological polar surface area (TPSA) is 141 Å². The van der Waals surface area contributed by atoms with Gasteiger partial charge in [0.05, 0.1) is 34.1 Å². The first-order valence-electron chi connectivity index (χ1n) is 14.6. The number of nitrogens with zero attached hydrogens (tertiary/aromatic N) is 3. The molecule has 252 valence electrons. The van der Waals surface area contributed by atoms with E-state index in [2.05, 4.69) is 27.6 Å². The third kappa shape index (κ3) is 8.48. The van der Waals surface area contributed by atoms with Crippen LogP contribution in [0.25, 0.3) is 10.9 Å². The van der Waals surface area contributed by atoms with Gasteiger partial charge in [0.25, 0.3) is 5.91 Å². The van der Waals surface area contributed by atoms with Crippen LogP contribution in [0.2, 0.25) is 0 Å². The number of carbonyl (C=O) groups excluding carboxylic acids is 2. The molecule has 0 spiro atoms. The summed E-state index contributed by atoms with van der Waals surface area (Å²) in [6.07, 6.45) is -0.183. The molecular weight excluding hydrogens is 636 g/mol. The molecule has 0 fully saturated rings. The lowest BCUT2D eigenvalue weighted by Crippen LogP contribution is -2.26. The molecule has 1 unspecified atom stereocenters. The predicted molar refractivity (Wildman–Crippen MR) is 172 cm³/mol. The molecule has 15 heteroatoms. The molecule has 47 heavy (non-hydrogen) atoms. The number of hydrogen-bond acceptors (Lipinski definition) is 10. The number of benzene rings is 3. The highest BCUT2D eigenvalue weighted by Gasteiger charge is 2.25. The van der Waals surface area contributed by atoms with Crippen LogP contribution in [0.5, 0.6) is 0 Å². The van der Waals surface area contributed by atoms with Gasteiger partial charge in [-0.25, -0.2) is 22.0 Å². The third-order valence-electron chi connectivity index (χ3n) is 7.39. The third-order valence-corrected chi connectivity index (χ3v) is 9.12. The molecule has 0 aliphatic heterocycles. The summed E-state index contributed by atoms with van der Waals surface area (Å²) in [6, 6.07) is 11.2. The number of aromatic nitrogens is 2. The summed E-state index contributed by atoms with van der Waals surface area (Å²) >= 11 is 0. The van der Waals surface area contributed by atoms with Crippen molar-refractivity contribution < 1.29 is 41.0 Å². The summed E-state index contributed by atoms with van der Waals surface area (Å²) < 4.78 is 70.8. The Bertz CT molecular complexity index is 1840. The minimum Gasteiger partial charge on any atom is -0.445 e. The summed E-state index contributed by atoms with van der Waals surface area (Å²) in [5.41, 5.74) is 1.88. The van der Waals surface area contributed by atoms with E-state index in [9.17, 15) is 26.8 Å². The number of carbonyl (C=O) groups is 2. The average Bonchev–Trinajstić information content (AvgIpc) is 3.38. The summed E-state index contributed by atoms with van der Waals surface area (Å²) in [6.45, 7) is 2.90. The van der Waals surface area contributed by atoms with E-state index in [1.165, 1.54) is 19.2 Å². The van der Waals surface area contributed by atoms with Gasteiger partial charge in [0.15, 0.2) is 5.82 Å². The van der Waals surface area contributed by atoms with Crippen molar-refractivity contribution in [3.8, 4) is 0 Å². The quantitative estimate of drug-likeness (QED) is 0.183. The van der Waals surface area contributed by atoms with Crippen LogP contribution in [-0.2, 0) is 30.5 Å². The first kappa shape index (κ1) is 35.4. The number of methoxy groups -OCH3 is 2. The van der Waals surface area contributed by atoms with Gasteiger partial charge in [0.2, 0.25) is 9.84 Å². The van der Waals surface area contributed by atoms with Gasteiger partial charge in [-0.2, -0.15) is 4.68 Å². The smallest absolute Gasteiger partial charge is 0.435 e. The Balaban J connectivity index is 1.77. The number of hydrogen-bond donors (Lipinski definition) is 2. The second-order valence-corrected chi connectivity index (χ2v) is 12.9. The lowest BCUT2D eigenvalue weighted by molar-refractivity contribution is 0.0980. The van der Waals surface area contributed by atoms with Gasteiger partial charge >= 0.3 is 6.09 Å². The van der Waals surface area contributed by atoms with Gasteiger partial charge < -0.3 is 29.7 Å². The van der Waals surface area contributed by atoms with E-state index < -0.39 is 38.4 Å². The second kappa shape index (κ2) is 15.4. The first-order chi connectivity index (χ1) is 22.3. The van der Waals surface area contributed by atoms with E-state index in [-0.39, 0.29) is 46.4 Å². The maximum absolute atomic E-state index is 13.9. The van der Waals surface area contributed by atoms with Crippen LogP contribution < -0.4 is 10.6 Å². The zero-order chi connectivity index (χ0) is 34.3. The normalized spacial score (nSPS) is 12.3. The lowest BCUT2D eigenvalue weighted by atomic mass is 10.0. The number of nitrogens with one attached hydrogen (secondary N) is 2. The number of sulfone groups is 1. The van der Waals surface area contributed by atoms with E-state index in [0.29, 0.717) is 37.0 Å². The molecule has 1 atom stereocenters. The number of halogens is 2. The molecule has 0 aliphatic rings. The Morgan fingerprint density at radius 2 is 1.64 bits per heavy atom. The Morgan fingerprint density at radius 1 is 0.936 bits per heavy atom. The highest BCUT2D eigenvalue weighted by Crippen LogP contribution is 2.31. The van der Waals surface area contributed by atoms with Gasteiger partial charge in [0.1, 0.15) is 18.2 Å². The lowest BCUT2D eigenvalue weighted by Gasteiger charge is -2.20. The highest BCUT2D eigenvalue weighted by atomic mass is 32.2. The fourth-order valence-corrected chi connectivity index (χ4v) is 5.97. The van der Waals surface area contributed by atoms with E-state index in [1.54, 1.807) is 13.2 Å². The largest absolute Gasteiger partial charge is 0.445 e. The number of fused-ring (bicyclic) bond motifs is 1. The van der Waals surface area contributed by atoms with E-state index in [4.69, 9.17) is 14.2 Å². The first-order valence-corrected chi connectivity index (χ1v) is 16.1. The minimum absolute atomic E-state index is 0.0605. The van der Waals surface area contributed by atoms with Crippen LogP contribution in [0.4, 0.5) is 25.1 Å². The molecule has 12 nitrogen and oxygen atoms in total. The highest BCUT2D eigenvalue weighted by molar-refractivity contribution is 7.91. The van der Waals surface area contributed by atoms with Crippen molar-refractivity contribution in [3.63, 3.8) is 0 Å². The predicted octanol–water partition coefficient (Wildman–Crippen LogP) is 4.58. The second-order valence-electron chi connectivity index (χ2n) is 10.9. The van der Waals surface area contributed by atoms with Crippen molar-refractivity contribution in [3.05, 3.63) is 77.4 Å². The Morgan fingerprint density at radius 3 is 2.30 bits per heavy atom. The maximum Gasteiger partial charge on any atom is 0.435 e. The van der Waals surface area contributed by atoms with Crippen molar-refractivity contribution in [2.45, 2.75) is 29.2 Å². The molecule has 0 bridgehead atoms. The van der Waals surface area contributed by atoms with Crippen molar-refractivity contribution in [2.24, 2.45) is 0 Å². The molecule has 3 aromatic carbocycles. The molecule has 1 amide bonds. The summed E-state index contributed by atoms with van der Waals surface area (Å²) in [4.78, 5) is 27.8. The number of amides is 1. The van der Waals surface area contributed by atoms with Crippen LogP contribution in [0.3, 0.4) is 0 Å². The van der Waals surface area contributed by atoms with Crippen LogP contribution in [0.15, 0.2) is 64.4 Å². The minimum atomic E-state index is -4.43. The maximum atomic E-state index is 13.9. The van der Waals surface area contributed by atoms with Crippen LogP contribution in [0, 0.1) is 11.6 Å². The summed E-state index contributed by atoms with van der Waals surface area (Å²) in [5.74, 6) is -2.89. The summed E-state index contributed by atoms with van der Waals surface area (Å²) in [7, 11) is 2.53. The Hall–Kier alpha value is -4.44. The standard InChI is InChI=1S/C32H37F2N5O7S/c1-20(38(2)3)14-21-6-8-26(28(15-21)35-10-11-44-4)31(40)36-30-27-19-24(47(42,43)25-17-22(33)16-23(34)18-25)7-9-29(27)39(37-30)32(41)46-13-12-45-5/h6-9,15-20,35H,10-14H2,1-5H3,(H,36,37,40). The Kier molecular flexibility index (Phi) is 11.6. The molecular formula is C32H37F2N5O7S. The van der Waals surface area contributed by atoms with Crippen LogP contribution in [-0.4, -0.2) is 95.8 Å². The number of likely N-dealkylation sites (N-methyl/N-ethyl adjacent to an activating group) is 1. The van der Waals surface area contributed by atoms with Crippen LogP contribution in [0.1, 0.15) is 22.8 Å². The van der Waals surface area contributed by atoms with Gasteiger partial charge in [-0.3, -0.25) is 4.79 Å². The van der Waals surface area contributed by atoms with E-state index in [0.717, 1.165) is 22.7 Å². The van der Waals surface area contributed by atoms with E-state index in [1.807, 2.05) is 26.2 Å². The van der Waals surface area contributed by atoms with Gasteiger partial charge in [-0.1, -0.05) is 6.07 Å².